The molecule has 3 N–H and O–H groups in total. The number of ether oxygens (including phenoxy) is 1. The van der Waals surface area contributed by atoms with Crippen molar-refractivity contribution in [2.24, 2.45) is 0 Å². The molecule has 0 bridgehead atoms. The minimum absolute atomic E-state index is 0.111. The Morgan fingerprint density at radius 2 is 2.38 bits per heavy atom. The first kappa shape index (κ1) is 16.4. The second-order valence-corrected chi connectivity index (χ2v) is 6.70. The highest BCUT2D eigenvalue weighted by Gasteiger charge is 2.24. The van der Waals surface area contributed by atoms with Gasteiger partial charge < -0.3 is 10.1 Å². The second-order valence-electron chi connectivity index (χ2n) is 4.99. The lowest BCUT2D eigenvalue weighted by atomic mass is 10.3. The molecule has 8 nitrogen and oxygen atoms in total. The van der Waals surface area contributed by atoms with Crippen molar-refractivity contribution in [1.29, 1.82) is 0 Å². The Morgan fingerprint density at radius 3 is 3.10 bits per heavy atom. The van der Waals surface area contributed by atoms with E-state index < -0.39 is 10.0 Å². The molecule has 1 aromatic rings. The van der Waals surface area contributed by atoms with Crippen LogP contribution in [0.2, 0.25) is 0 Å². The largest absolute Gasteiger partial charge is 0.374 e. The Kier molecular flexibility index (Phi) is 5.71. The summed E-state index contributed by atoms with van der Waals surface area (Å²) in [6, 6.07) is 0. The molecule has 0 aliphatic carbocycles. The zero-order chi connectivity index (χ0) is 15.3. The summed E-state index contributed by atoms with van der Waals surface area (Å²) in [6.07, 6.45) is 1.39. The van der Waals surface area contributed by atoms with Crippen LogP contribution < -0.4 is 10.0 Å². The predicted octanol–water partition coefficient (Wildman–Crippen LogP) is -0.872. The van der Waals surface area contributed by atoms with Crippen LogP contribution in [0.25, 0.3) is 0 Å². The highest BCUT2D eigenvalue weighted by Crippen LogP contribution is 2.12. The first-order valence-corrected chi connectivity index (χ1v) is 8.55. The van der Waals surface area contributed by atoms with Crippen molar-refractivity contribution in [2.75, 3.05) is 39.8 Å². The molecule has 120 valence electrons. The number of sulfonamides is 1. The number of aromatic nitrogens is 2. The molecular formula is C12H23N5O3S. The van der Waals surface area contributed by atoms with Gasteiger partial charge in [0, 0.05) is 31.7 Å². The van der Waals surface area contributed by atoms with Gasteiger partial charge in [-0.1, -0.05) is 6.92 Å². The van der Waals surface area contributed by atoms with Gasteiger partial charge in [0.25, 0.3) is 10.0 Å². The smallest absolute Gasteiger partial charge is 0.257 e. The van der Waals surface area contributed by atoms with Crippen molar-refractivity contribution >= 4 is 10.0 Å². The minimum atomic E-state index is -3.60. The monoisotopic (exact) mass is 317 g/mol. The van der Waals surface area contributed by atoms with Crippen LogP contribution in [-0.2, 0) is 21.3 Å². The Morgan fingerprint density at radius 1 is 1.57 bits per heavy atom. The van der Waals surface area contributed by atoms with Crippen molar-refractivity contribution < 1.29 is 13.2 Å². The molecule has 1 aliphatic rings. The molecule has 1 saturated heterocycles. The number of morpholine rings is 1. The lowest BCUT2D eigenvalue weighted by Crippen LogP contribution is -2.47. The fraction of sp³-hybridized carbons (Fsp3) is 0.750. The fourth-order valence-corrected chi connectivity index (χ4v) is 3.51. The van der Waals surface area contributed by atoms with E-state index in [1.54, 1.807) is 7.05 Å². The van der Waals surface area contributed by atoms with Crippen molar-refractivity contribution in [3.8, 4) is 0 Å². The maximum absolute atomic E-state index is 12.3. The maximum Gasteiger partial charge on any atom is 0.257 e. The number of likely N-dealkylation sites (N-methyl/N-ethyl adjacent to an activating group) is 1. The SMILES string of the molecule is CCN1CCOC(CNS(=O)(=O)c2[nH]ncc2CNC)C1. The van der Waals surface area contributed by atoms with Crippen molar-refractivity contribution in [2.45, 2.75) is 24.6 Å². The topological polar surface area (TPSA) is 99.4 Å². The molecule has 1 unspecified atom stereocenters. The van der Waals surface area contributed by atoms with Crippen LogP contribution in [0, 0.1) is 0 Å². The Balaban J connectivity index is 1.96. The van der Waals surface area contributed by atoms with E-state index in [0.29, 0.717) is 18.7 Å². The Hall–Kier alpha value is -1.00. The fourth-order valence-electron chi connectivity index (χ4n) is 2.31. The standard InChI is InChI=1S/C12H23N5O3S/c1-3-17-4-5-20-11(9-17)8-15-21(18,19)12-10(6-13-2)7-14-16-12/h7,11,13,15H,3-6,8-9H2,1-2H3,(H,14,16). The number of H-pyrrole nitrogens is 1. The summed E-state index contributed by atoms with van der Waals surface area (Å²) in [6.45, 7) is 6.00. The van der Waals surface area contributed by atoms with Gasteiger partial charge in [-0.2, -0.15) is 5.10 Å². The molecule has 9 heteroatoms. The third-order valence-corrected chi connectivity index (χ3v) is 4.92. The van der Waals surface area contributed by atoms with E-state index in [1.165, 1.54) is 6.20 Å². The van der Waals surface area contributed by atoms with E-state index >= 15 is 0 Å². The summed E-state index contributed by atoms with van der Waals surface area (Å²) >= 11 is 0. The molecule has 0 spiro atoms. The number of aromatic amines is 1. The quantitative estimate of drug-likeness (QED) is 0.604. The van der Waals surface area contributed by atoms with E-state index in [9.17, 15) is 8.42 Å². The minimum Gasteiger partial charge on any atom is -0.374 e. The Bertz CT molecular complexity index is 545. The zero-order valence-corrected chi connectivity index (χ0v) is 13.2. The lowest BCUT2D eigenvalue weighted by molar-refractivity contribution is -0.0229. The summed E-state index contributed by atoms with van der Waals surface area (Å²) in [5.74, 6) is 0. The molecule has 1 atom stereocenters. The molecule has 21 heavy (non-hydrogen) atoms. The van der Waals surface area contributed by atoms with Crippen LogP contribution in [0.3, 0.4) is 0 Å². The van der Waals surface area contributed by atoms with Crippen LogP contribution in [-0.4, -0.2) is 69.5 Å². The summed E-state index contributed by atoms with van der Waals surface area (Å²) in [5, 5.41) is 9.38. The molecule has 0 saturated carbocycles. The first-order valence-electron chi connectivity index (χ1n) is 7.07. The first-order chi connectivity index (χ1) is 10.1. The molecule has 2 rings (SSSR count). The number of rotatable bonds is 7. The number of nitrogens with zero attached hydrogens (tertiary/aromatic N) is 2. The van der Waals surface area contributed by atoms with Crippen LogP contribution in [0.5, 0.6) is 0 Å². The van der Waals surface area contributed by atoms with Crippen LogP contribution in [0.1, 0.15) is 12.5 Å². The predicted molar refractivity (Wildman–Crippen MR) is 78.4 cm³/mol. The summed E-state index contributed by atoms with van der Waals surface area (Å²) in [5.41, 5.74) is 0.616. The van der Waals surface area contributed by atoms with Crippen molar-refractivity contribution in [1.82, 2.24) is 25.1 Å². The summed E-state index contributed by atoms with van der Waals surface area (Å²) < 4.78 is 32.8. The number of nitrogens with one attached hydrogen (secondary N) is 3. The van der Waals surface area contributed by atoms with E-state index in [0.717, 1.165) is 19.6 Å². The van der Waals surface area contributed by atoms with Gasteiger partial charge in [0.2, 0.25) is 0 Å². The van der Waals surface area contributed by atoms with E-state index in [-0.39, 0.29) is 17.7 Å². The van der Waals surface area contributed by atoms with E-state index in [2.05, 4.69) is 32.1 Å². The Labute approximate surface area is 125 Å². The van der Waals surface area contributed by atoms with Gasteiger partial charge in [-0.15, -0.1) is 0 Å². The van der Waals surface area contributed by atoms with E-state index in [4.69, 9.17) is 4.74 Å². The number of hydrogen-bond acceptors (Lipinski definition) is 6. The molecule has 0 amide bonds. The third-order valence-electron chi connectivity index (χ3n) is 3.49. The third kappa shape index (κ3) is 4.24. The highest BCUT2D eigenvalue weighted by molar-refractivity contribution is 7.89. The van der Waals surface area contributed by atoms with Crippen LogP contribution in [0.15, 0.2) is 11.2 Å². The molecule has 1 fully saturated rings. The average molecular weight is 317 g/mol. The molecule has 2 heterocycles. The van der Waals surface area contributed by atoms with Gasteiger partial charge in [0.05, 0.1) is 18.9 Å². The van der Waals surface area contributed by atoms with Crippen molar-refractivity contribution in [3.63, 3.8) is 0 Å². The highest BCUT2D eigenvalue weighted by atomic mass is 32.2. The van der Waals surface area contributed by atoms with Gasteiger partial charge in [-0.25, -0.2) is 13.1 Å². The number of hydrogen-bond donors (Lipinski definition) is 3. The van der Waals surface area contributed by atoms with E-state index in [1.807, 2.05) is 0 Å². The maximum atomic E-state index is 12.3. The van der Waals surface area contributed by atoms with Gasteiger partial charge >= 0.3 is 0 Å². The average Bonchev–Trinajstić information content (AvgIpc) is 2.95. The summed E-state index contributed by atoms with van der Waals surface area (Å²) in [4.78, 5) is 2.24. The van der Waals surface area contributed by atoms with Crippen LogP contribution >= 0.6 is 0 Å². The summed E-state index contributed by atoms with van der Waals surface area (Å²) in [7, 11) is -1.84. The van der Waals surface area contributed by atoms with Crippen LogP contribution in [0.4, 0.5) is 0 Å². The van der Waals surface area contributed by atoms with Gasteiger partial charge in [0.1, 0.15) is 0 Å². The molecule has 1 aliphatic heterocycles. The van der Waals surface area contributed by atoms with Crippen molar-refractivity contribution in [3.05, 3.63) is 11.8 Å². The zero-order valence-electron chi connectivity index (χ0n) is 12.4. The molecular weight excluding hydrogens is 294 g/mol. The van der Waals surface area contributed by atoms with Gasteiger partial charge in [-0.05, 0) is 13.6 Å². The molecule has 1 aromatic heterocycles. The van der Waals surface area contributed by atoms with Gasteiger partial charge in [-0.3, -0.25) is 10.00 Å². The molecule has 0 aromatic carbocycles. The lowest BCUT2D eigenvalue weighted by Gasteiger charge is -2.32. The second kappa shape index (κ2) is 7.32. The van der Waals surface area contributed by atoms with Gasteiger partial charge in [0.15, 0.2) is 5.03 Å². The normalized spacial score (nSPS) is 20.8. The molecule has 0 radical (unpaired) electrons.